The molecule has 37 heavy (non-hydrogen) atoms. The van der Waals surface area contributed by atoms with Crippen molar-refractivity contribution in [3.8, 4) is 0 Å². The van der Waals surface area contributed by atoms with Crippen LogP contribution in [0.1, 0.15) is 17.5 Å². The van der Waals surface area contributed by atoms with E-state index in [2.05, 4.69) is 31.8 Å². The summed E-state index contributed by atoms with van der Waals surface area (Å²) < 4.78 is 0. The summed E-state index contributed by atoms with van der Waals surface area (Å²) in [6.45, 7) is 11.6. The highest BCUT2D eigenvalue weighted by molar-refractivity contribution is 6.00. The van der Waals surface area contributed by atoms with Crippen molar-refractivity contribution >= 4 is 29.1 Å². The quantitative estimate of drug-likeness (QED) is 0.617. The van der Waals surface area contributed by atoms with Gasteiger partial charge in [0.25, 0.3) is 0 Å². The normalized spacial score (nSPS) is 21.2. The molecule has 198 valence electrons. The molecule has 1 atom stereocenters. The van der Waals surface area contributed by atoms with E-state index in [1.165, 1.54) is 5.56 Å². The molecule has 4 heterocycles. The number of hydrogen-bond acceptors (Lipinski definition) is 8. The van der Waals surface area contributed by atoms with Gasteiger partial charge in [-0.2, -0.15) is 0 Å². The summed E-state index contributed by atoms with van der Waals surface area (Å²) in [6, 6.07) is 10.1. The van der Waals surface area contributed by atoms with Crippen LogP contribution in [0.25, 0.3) is 0 Å². The van der Waals surface area contributed by atoms with Crippen molar-refractivity contribution in [2.75, 3.05) is 86.8 Å². The largest absolute Gasteiger partial charge is 0.395 e. The van der Waals surface area contributed by atoms with E-state index in [0.29, 0.717) is 39.3 Å². The molecule has 5 rings (SSSR count). The van der Waals surface area contributed by atoms with Crippen LogP contribution in [-0.2, 0) is 9.59 Å². The zero-order valence-corrected chi connectivity index (χ0v) is 21.8. The van der Waals surface area contributed by atoms with E-state index in [-0.39, 0.29) is 30.8 Å². The summed E-state index contributed by atoms with van der Waals surface area (Å²) >= 11 is 0. The molecule has 3 fully saturated rings. The molecular weight excluding hydrogens is 470 g/mol. The van der Waals surface area contributed by atoms with Gasteiger partial charge >= 0.3 is 0 Å². The van der Waals surface area contributed by atoms with Crippen LogP contribution in [-0.4, -0.2) is 109 Å². The summed E-state index contributed by atoms with van der Waals surface area (Å²) in [4.78, 5) is 36.3. The van der Waals surface area contributed by atoms with Crippen LogP contribution in [0.3, 0.4) is 0 Å². The Hall–Kier alpha value is -3.24. The highest BCUT2D eigenvalue weighted by Crippen LogP contribution is 2.28. The number of β-amino-alcohol motifs (C(OH)–C–C–N with tert-alkyl or cyclic N) is 1. The second-order valence-electron chi connectivity index (χ2n) is 10.3. The average molecular weight is 508 g/mol. The molecule has 1 aromatic heterocycles. The second-order valence-corrected chi connectivity index (χ2v) is 10.3. The van der Waals surface area contributed by atoms with Gasteiger partial charge in [-0.15, -0.1) is 10.2 Å². The Morgan fingerprint density at radius 2 is 1.51 bits per heavy atom. The fourth-order valence-electron chi connectivity index (χ4n) is 5.43. The number of amides is 2. The summed E-state index contributed by atoms with van der Waals surface area (Å²) in [5, 5.41) is 18.1. The van der Waals surface area contributed by atoms with E-state index in [0.717, 1.165) is 49.1 Å². The van der Waals surface area contributed by atoms with E-state index < -0.39 is 0 Å². The number of benzene rings is 1. The number of carbonyl (C=O) groups is 2. The maximum atomic E-state index is 13.2. The average Bonchev–Trinajstić information content (AvgIpc) is 3.32. The first-order chi connectivity index (χ1) is 17.9. The van der Waals surface area contributed by atoms with Gasteiger partial charge in [-0.1, -0.05) is 6.07 Å². The minimum Gasteiger partial charge on any atom is -0.395 e. The van der Waals surface area contributed by atoms with Crippen molar-refractivity contribution in [1.82, 2.24) is 20.0 Å². The molecule has 3 aliphatic heterocycles. The summed E-state index contributed by atoms with van der Waals surface area (Å²) in [6.07, 6.45) is 0.271. The van der Waals surface area contributed by atoms with Crippen molar-refractivity contribution in [1.29, 1.82) is 0 Å². The first-order valence-electron chi connectivity index (χ1n) is 13.3. The van der Waals surface area contributed by atoms with Crippen molar-refractivity contribution in [2.24, 2.45) is 5.92 Å². The third-order valence-electron chi connectivity index (χ3n) is 7.94. The first kappa shape index (κ1) is 25.4. The zero-order valence-electron chi connectivity index (χ0n) is 21.8. The van der Waals surface area contributed by atoms with Crippen molar-refractivity contribution in [3.05, 3.63) is 41.5 Å². The molecule has 1 N–H and O–H groups in total. The molecule has 3 aliphatic rings. The highest BCUT2D eigenvalue weighted by atomic mass is 16.3. The first-order valence-corrected chi connectivity index (χ1v) is 13.3. The number of hydrogen-bond donors (Lipinski definition) is 1. The van der Waals surface area contributed by atoms with Crippen molar-refractivity contribution < 1.29 is 14.7 Å². The number of carbonyl (C=O) groups excluding carboxylic acids is 2. The van der Waals surface area contributed by atoms with E-state index in [1.54, 1.807) is 4.90 Å². The predicted molar refractivity (Wildman–Crippen MR) is 143 cm³/mol. The molecule has 0 bridgehead atoms. The van der Waals surface area contributed by atoms with Gasteiger partial charge in [0.1, 0.15) is 0 Å². The Kier molecular flexibility index (Phi) is 7.57. The second kappa shape index (κ2) is 11.0. The molecule has 2 aromatic rings. The molecule has 0 aliphatic carbocycles. The van der Waals surface area contributed by atoms with Crippen LogP contribution in [0.15, 0.2) is 30.3 Å². The molecule has 0 radical (unpaired) electrons. The number of aromatic nitrogens is 2. The SMILES string of the molecule is Cc1ccc(N2CC(C(=O)N3CCN(c4ccc(N5CCN(CCO)CC5)nn4)CC3)CC2=O)cc1C. The molecule has 1 unspecified atom stereocenters. The lowest BCUT2D eigenvalue weighted by Gasteiger charge is -2.37. The van der Waals surface area contributed by atoms with Gasteiger partial charge in [0.05, 0.1) is 12.5 Å². The maximum Gasteiger partial charge on any atom is 0.228 e. The number of aliphatic hydroxyl groups is 1. The number of aryl methyl sites for hydroxylation is 2. The Bertz CT molecular complexity index is 1110. The number of nitrogens with zero attached hydrogens (tertiary/aromatic N) is 7. The van der Waals surface area contributed by atoms with Crippen LogP contribution >= 0.6 is 0 Å². The lowest BCUT2D eigenvalue weighted by Crippen LogP contribution is -2.51. The van der Waals surface area contributed by atoms with Crippen LogP contribution < -0.4 is 14.7 Å². The van der Waals surface area contributed by atoms with E-state index in [4.69, 9.17) is 5.11 Å². The minimum absolute atomic E-state index is 0.0189. The molecule has 2 amide bonds. The predicted octanol–water partition coefficient (Wildman–Crippen LogP) is 0.909. The zero-order chi connectivity index (χ0) is 25.9. The number of aliphatic hydroxyl groups excluding tert-OH is 1. The van der Waals surface area contributed by atoms with E-state index in [1.807, 2.05) is 42.2 Å². The van der Waals surface area contributed by atoms with Crippen LogP contribution in [0.2, 0.25) is 0 Å². The van der Waals surface area contributed by atoms with Gasteiger partial charge in [0, 0.05) is 77.6 Å². The van der Waals surface area contributed by atoms with Gasteiger partial charge in [0.2, 0.25) is 11.8 Å². The van der Waals surface area contributed by atoms with Gasteiger partial charge < -0.3 is 24.7 Å². The number of anilines is 3. The molecule has 3 saturated heterocycles. The summed E-state index contributed by atoms with van der Waals surface area (Å²) in [7, 11) is 0. The van der Waals surface area contributed by atoms with Crippen molar-refractivity contribution in [3.63, 3.8) is 0 Å². The Balaban J connectivity index is 1.12. The lowest BCUT2D eigenvalue weighted by atomic mass is 10.1. The van der Waals surface area contributed by atoms with Gasteiger partial charge in [-0.25, -0.2) is 0 Å². The third kappa shape index (κ3) is 5.55. The molecule has 1 aromatic carbocycles. The van der Waals surface area contributed by atoms with E-state index >= 15 is 0 Å². The molecule has 10 heteroatoms. The third-order valence-corrected chi connectivity index (χ3v) is 7.94. The topological polar surface area (TPSA) is 96.4 Å². The Morgan fingerprint density at radius 1 is 0.892 bits per heavy atom. The monoisotopic (exact) mass is 507 g/mol. The highest BCUT2D eigenvalue weighted by Gasteiger charge is 2.38. The van der Waals surface area contributed by atoms with Gasteiger partial charge in [0.15, 0.2) is 11.6 Å². The Labute approximate surface area is 218 Å². The lowest BCUT2D eigenvalue weighted by molar-refractivity contribution is -0.136. The van der Waals surface area contributed by atoms with E-state index in [9.17, 15) is 9.59 Å². The Morgan fingerprint density at radius 3 is 2.08 bits per heavy atom. The molecule has 0 spiro atoms. The fraction of sp³-hybridized carbons (Fsp3) is 0.556. The molecule has 0 saturated carbocycles. The summed E-state index contributed by atoms with van der Waals surface area (Å²) in [5.41, 5.74) is 3.22. The van der Waals surface area contributed by atoms with Gasteiger partial charge in [-0.05, 0) is 49.2 Å². The number of piperazine rings is 2. The standard InChI is InChI=1S/C27H37N7O3/c1-20-3-4-23(17-21(20)2)34-19-22(18-26(34)36)27(37)33-13-11-32(12-14-33)25-6-5-24(28-29-25)31-9-7-30(8-10-31)15-16-35/h3-6,17,22,35H,7-16,18-19H2,1-2H3. The summed E-state index contributed by atoms with van der Waals surface area (Å²) in [5.74, 6) is 1.50. The minimum atomic E-state index is -0.294. The maximum absolute atomic E-state index is 13.2. The number of rotatable bonds is 6. The van der Waals surface area contributed by atoms with Crippen LogP contribution in [0.4, 0.5) is 17.3 Å². The van der Waals surface area contributed by atoms with Gasteiger partial charge in [-0.3, -0.25) is 14.5 Å². The van der Waals surface area contributed by atoms with Crippen LogP contribution in [0.5, 0.6) is 0 Å². The van der Waals surface area contributed by atoms with Crippen molar-refractivity contribution in [2.45, 2.75) is 20.3 Å². The van der Waals surface area contributed by atoms with Crippen LogP contribution in [0, 0.1) is 19.8 Å². The fourth-order valence-corrected chi connectivity index (χ4v) is 5.43. The molecule has 10 nitrogen and oxygen atoms in total. The smallest absolute Gasteiger partial charge is 0.228 e. The molecular formula is C27H37N7O3.